The normalized spacial score (nSPS) is 15.9. The highest BCUT2D eigenvalue weighted by Gasteiger charge is 2.26. The molecule has 0 spiro atoms. The molecule has 1 atom stereocenters. The number of urea groups is 1. The quantitative estimate of drug-likeness (QED) is 0.634. The Labute approximate surface area is 184 Å². The van der Waals surface area contributed by atoms with Gasteiger partial charge >= 0.3 is 6.03 Å². The fourth-order valence-electron chi connectivity index (χ4n) is 3.78. The summed E-state index contributed by atoms with van der Waals surface area (Å²) in [5.41, 5.74) is 1.03. The summed E-state index contributed by atoms with van der Waals surface area (Å²) >= 11 is 0. The number of rotatable bonds is 5. The van der Waals surface area contributed by atoms with E-state index in [1.54, 1.807) is 29.2 Å². The number of hydrogen-bond acceptors (Lipinski definition) is 3. The number of nitrogens with one attached hydrogen (secondary N) is 2. The summed E-state index contributed by atoms with van der Waals surface area (Å²) in [5.74, 6) is -0.938. The van der Waals surface area contributed by atoms with Gasteiger partial charge in [-0.15, -0.1) is 0 Å². The predicted molar refractivity (Wildman–Crippen MR) is 116 cm³/mol. The Balaban J connectivity index is 1.32. The maximum absolute atomic E-state index is 14.0. The summed E-state index contributed by atoms with van der Waals surface area (Å²) < 4.78 is 28.6. The highest BCUT2D eigenvalue weighted by atomic mass is 19.1. The van der Waals surface area contributed by atoms with Crippen LogP contribution >= 0.6 is 0 Å². The smallest absolute Gasteiger partial charge is 0.319 e. The molecule has 1 fully saturated rings. The lowest BCUT2D eigenvalue weighted by Gasteiger charge is -2.32. The van der Waals surface area contributed by atoms with Gasteiger partial charge in [-0.25, -0.2) is 18.3 Å². The Morgan fingerprint density at radius 2 is 1.97 bits per heavy atom. The number of aromatic nitrogens is 2. The van der Waals surface area contributed by atoms with E-state index in [0.717, 1.165) is 12.8 Å². The number of hydrogen-bond donors (Lipinski definition) is 2. The second kappa shape index (κ2) is 9.59. The molecule has 166 valence electrons. The van der Waals surface area contributed by atoms with Crippen LogP contribution in [0.2, 0.25) is 0 Å². The summed E-state index contributed by atoms with van der Waals surface area (Å²) in [7, 11) is 0. The summed E-state index contributed by atoms with van der Waals surface area (Å²) in [5, 5.41) is 9.50. The first-order valence-corrected chi connectivity index (χ1v) is 10.4. The van der Waals surface area contributed by atoms with Crippen LogP contribution in [0.1, 0.15) is 23.2 Å². The average Bonchev–Trinajstić information content (AvgIpc) is 3.28. The topological polar surface area (TPSA) is 79.3 Å². The van der Waals surface area contributed by atoms with Crippen molar-refractivity contribution in [2.24, 2.45) is 5.92 Å². The standard InChI is InChI=1S/C23H23F2N5O2/c24-18-6-3-7-19(11-18)28-23(32)26-12-16-5-4-10-29(14-16)22(31)17-13-27-30(15-17)21-9-2-1-8-20(21)25/h1-3,6-9,11,13,15-16H,4-5,10,12,14H2,(H2,26,28,32). The van der Waals surface area contributed by atoms with E-state index in [4.69, 9.17) is 0 Å². The Morgan fingerprint density at radius 3 is 2.78 bits per heavy atom. The van der Waals surface area contributed by atoms with Gasteiger partial charge in [0.05, 0.1) is 11.8 Å². The van der Waals surface area contributed by atoms with Crippen LogP contribution in [0.25, 0.3) is 5.69 Å². The lowest BCUT2D eigenvalue weighted by atomic mass is 9.97. The second-order valence-corrected chi connectivity index (χ2v) is 7.73. The predicted octanol–water partition coefficient (Wildman–Crippen LogP) is 3.82. The largest absolute Gasteiger partial charge is 0.338 e. The molecule has 0 aliphatic carbocycles. The maximum atomic E-state index is 14.0. The minimum atomic E-state index is -0.428. The molecule has 2 N–H and O–H groups in total. The average molecular weight is 439 g/mol. The van der Waals surface area contributed by atoms with Gasteiger partial charge in [0.2, 0.25) is 0 Å². The van der Waals surface area contributed by atoms with Crippen molar-refractivity contribution in [3.05, 3.63) is 78.1 Å². The van der Waals surface area contributed by atoms with Crippen LogP contribution in [0.15, 0.2) is 60.9 Å². The van der Waals surface area contributed by atoms with Gasteiger partial charge in [-0.2, -0.15) is 5.10 Å². The Morgan fingerprint density at radius 1 is 1.12 bits per heavy atom. The summed E-state index contributed by atoms with van der Waals surface area (Å²) in [4.78, 5) is 26.8. The molecule has 0 saturated carbocycles. The molecule has 1 aliphatic heterocycles. The Hall–Kier alpha value is -3.75. The van der Waals surface area contributed by atoms with Crippen molar-refractivity contribution in [3.8, 4) is 5.69 Å². The van der Waals surface area contributed by atoms with Crippen LogP contribution in [-0.2, 0) is 0 Å². The van der Waals surface area contributed by atoms with E-state index in [0.29, 0.717) is 30.9 Å². The number of likely N-dealkylation sites (tertiary alicyclic amines) is 1. The first-order chi connectivity index (χ1) is 15.5. The fraction of sp³-hybridized carbons (Fsp3) is 0.261. The monoisotopic (exact) mass is 439 g/mol. The number of amides is 3. The highest BCUT2D eigenvalue weighted by molar-refractivity contribution is 5.94. The molecular formula is C23H23F2N5O2. The van der Waals surface area contributed by atoms with Gasteiger partial charge < -0.3 is 15.5 Å². The van der Waals surface area contributed by atoms with E-state index in [-0.39, 0.29) is 17.5 Å². The lowest BCUT2D eigenvalue weighted by molar-refractivity contribution is 0.0675. The zero-order chi connectivity index (χ0) is 22.5. The zero-order valence-corrected chi connectivity index (χ0v) is 17.3. The number of piperidine rings is 1. The van der Waals surface area contributed by atoms with Gasteiger partial charge in [-0.1, -0.05) is 18.2 Å². The van der Waals surface area contributed by atoms with E-state index in [9.17, 15) is 18.4 Å². The summed E-state index contributed by atoms with van der Waals surface area (Å²) in [6.45, 7) is 1.49. The van der Waals surface area contributed by atoms with Crippen LogP contribution in [0, 0.1) is 17.6 Å². The SMILES string of the molecule is O=C(NCC1CCCN(C(=O)c2cnn(-c3ccccc3F)c2)C1)Nc1cccc(F)c1. The number of nitrogens with zero attached hydrogens (tertiary/aromatic N) is 3. The number of anilines is 1. The molecule has 2 heterocycles. The van der Waals surface area contributed by atoms with Gasteiger partial charge in [0.25, 0.3) is 5.91 Å². The molecule has 9 heteroatoms. The van der Waals surface area contributed by atoms with Gasteiger partial charge in [-0.05, 0) is 49.1 Å². The minimum absolute atomic E-state index is 0.0903. The van der Waals surface area contributed by atoms with Crippen LogP contribution in [0.4, 0.5) is 19.3 Å². The van der Waals surface area contributed by atoms with Crippen molar-refractivity contribution in [1.29, 1.82) is 0 Å². The van der Waals surface area contributed by atoms with Crippen LogP contribution in [-0.4, -0.2) is 46.3 Å². The molecule has 1 saturated heterocycles. The van der Waals surface area contributed by atoms with Gasteiger partial charge in [0.15, 0.2) is 0 Å². The molecule has 1 aliphatic rings. The van der Waals surface area contributed by atoms with E-state index >= 15 is 0 Å². The first kappa shape index (κ1) is 21.5. The highest BCUT2D eigenvalue weighted by Crippen LogP contribution is 2.19. The van der Waals surface area contributed by atoms with Crippen LogP contribution in [0.5, 0.6) is 0 Å². The van der Waals surface area contributed by atoms with Crippen molar-refractivity contribution >= 4 is 17.6 Å². The second-order valence-electron chi connectivity index (χ2n) is 7.73. The molecule has 3 amide bonds. The first-order valence-electron chi connectivity index (χ1n) is 10.4. The molecule has 32 heavy (non-hydrogen) atoms. The van der Waals surface area contributed by atoms with Gasteiger partial charge in [0, 0.05) is 31.5 Å². The number of benzene rings is 2. The third kappa shape index (κ3) is 5.11. The van der Waals surface area contributed by atoms with E-state index < -0.39 is 17.7 Å². The van der Waals surface area contributed by atoms with Crippen LogP contribution in [0.3, 0.4) is 0 Å². The molecule has 4 rings (SSSR count). The minimum Gasteiger partial charge on any atom is -0.338 e. The summed E-state index contributed by atoms with van der Waals surface area (Å²) in [6, 6.07) is 11.5. The van der Waals surface area contributed by atoms with Gasteiger partial charge in [-0.3, -0.25) is 4.79 Å². The molecule has 3 aromatic rings. The van der Waals surface area contributed by atoms with Gasteiger partial charge in [0.1, 0.15) is 17.3 Å². The van der Waals surface area contributed by atoms with Crippen LogP contribution < -0.4 is 10.6 Å². The number of carbonyl (C=O) groups excluding carboxylic acids is 2. The van der Waals surface area contributed by atoms with E-state index in [1.165, 1.54) is 41.3 Å². The fourth-order valence-corrected chi connectivity index (χ4v) is 3.78. The molecule has 1 aromatic heterocycles. The number of halogens is 2. The van der Waals surface area contributed by atoms with Crippen molar-refractivity contribution in [3.63, 3.8) is 0 Å². The summed E-state index contributed by atoms with van der Waals surface area (Å²) in [6.07, 6.45) is 4.64. The van der Waals surface area contributed by atoms with E-state index in [1.807, 2.05) is 0 Å². The van der Waals surface area contributed by atoms with Crippen molar-refractivity contribution in [2.75, 3.05) is 25.0 Å². The molecule has 0 bridgehead atoms. The zero-order valence-electron chi connectivity index (χ0n) is 17.3. The molecular weight excluding hydrogens is 416 g/mol. The molecule has 1 unspecified atom stereocenters. The van der Waals surface area contributed by atoms with Crippen molar-refractivity contribution in [2.45, 2.75) is 12.8 Å². The van der Waals surface area contributed by atoms with Crippen molar-refractivity contribution in [1.82, 2.24) is 20.0 Å². The maximum Gasteiger partial charge on any atom is 0.319 e. The molecule has 0 radical (unpaired) electrons. The Kier molecular flexibility index (Phi) is 6.44. The number of carbonyl (C=O) groups is 2. The Bertz CT molecular complexity index is 1120. The number of para-hydroxylation sites is 1. The third-order valence-electron chi connectivity index (χ3n) is 5.37. The third-order valence-corrected chi connectivity index (χ3v) is 5.37. The molecule has 7 nitrogen and oxygen atoms in total. The molecule has 2 aromatic carbocycles. The van der Waals surface area contributed by atoms with E-state index in [2.05, 4.69) is 15.7 Å². The van der Waals surface area contributed by atoms with Crippen molar-refractivity contribution < 1.29 is 18.4 Å². The lowest BCUT2D eigenvalue weighted by Crippen LogP contribution is -2.44.